The van der Waals surface area contributed by atoms with Crippen LogP contribution in [0.25, 0.3) is 0 Å². The molecule has 0 aliphatic heterocycles. The molecule has 2 aromatic rings. The number of aryl methyl sites for hydroxylation is 1. The van der Waals surface area contributed by atoms with Crippen molar-refractivity contribution >= 4 is 33.3 Å². The van der Waals surface area contributed by atoms with Crippen LogP contribution in [0.1, 0.15) is 11.5 Å². The molecule has 0 atom stereocenters. The summed E-state index contributed by atoms with van der Waals surface area (Å²) in [4.78, 5) is 4.15. The number of hydrogen-bond acceptors (Lipinski definition) is 4. The van der Waals surface area contributed by atoms with E-state index in [-0.39, 0.29) is 0 Å². The highest BCUT2D eigenvalue weighted by atomic mass is 79.9. The number of nitrogens with one attached hydrogen (secondary N) is 1. The number of rotatable bonds is 3. The molecule has 0 bridgehead atoms. The summed E-state index contributed by atoms with van der Waals surface area (Å²) >= 11 is 9.29. The van der Waals surface area contributed by atoms with Crippen LogP contribution < -0.4 is 5.32 Å². The van der Waals surface area contributed by atoms with Crippen molar-refractivity contribution in [3.8, 4) is 0 Å². The summed E-state index contributed by atoms with van der Waals surface area (Å²) in [6.07, 6.45) is 1.68. The van der Waals surface area contributed by atoms with Gasteiger partial charge in [-0.25, -0.2) is 4.98 Å². The molecule has 2 rings (SSSR count). The van der Waals surface area contributed by atoms with Crippen molar-refractivity contribution < 1.29 is 4.52 Å². The zero-order valence-corrected chi connectivity index (χ0v) is 10.8. The molecule has 0 saturated carbocycles. The molecule has 0 aliphatic carbocycles. The maximum atomic E-state index is 6.00. The summed E-state index contributed by atoms with van der Waals surface area (Å²) in [5.41, 5.74) is 0.853. The third-order valence-electron chi connectivity index (χ3n) is 1.91. The van der Waals surface area contributed by atoms with Crippen LogP contribution in [-0.4, -0.2) is 10.1 Å². The highest BCUT2D eigenvalue weighted by Crippen LogP contribution is 2.23. The molecule has 2 heterocycles. The first-order valence-corrected chi connectivity index (χ1v) is 5.79. The zero-order chi connectivity index (χ0) is 11.5. The van der Waals surface area contributed by atoms with E-state index in [9.17, 15) is 0 Å². The number of nitrogens with zero attached hydrogens (tertiary/aromatic N) is 2. The molecule has 2 aromatic heterocycles. The molecule has 1 N–H and O–H groups in total. The van der Waals surface area contributed by atoms with Crippen molar-refractivity contribution in [2.75, 3.05) is 5.32 Å². The minimum Gasteiger partial charge on any atom is -0.361 e. The van der Waals surface area contributed by atoms with Gasteiger partial charge < -0.3 is 9.84 Å². The van der Waals surface area contributed by atoms with Crippen LogP contribution in [0.3, 0.4) is 0 Å². The average molecular weight is 303 g/mol. The second-order valence-electron chi connectivity index (χ2n) is 3.27. The van der Waals surface area contributed by atoms with Gasteiger partial charge in [-0.05, 0) is 28.9 Å². The predicted octanol–water partition coefficient (Wildman–Crippen LogP) is 3.41. The molecular formula is C10H9BrClN3O. The van der Waals surface area contributed by atoms with Crippen molar-refractivity contribution in [3.63, 3.8) is 0 Å². The van der Waals surface area contributed by atoms with Gasteiger partial charge in [0.05, 0.1) is 17.3 Å². The molecule has 0 fully saturated rings. The Balaban J connectivity index is 2.04. The molecule has 0 unspecified atom stereocenters. The SMILES string of the molecule is Cc1cc(CNc2ncc(Br)cc2Cl)on1. The first kappa shape index (κ1) is 11.4. The topological polar surface area (TPSA) is 51.0 Å². The van der Waals surface area contributed by atoms with Gasteiger partial charge >= 0.3 is 0 Å². The molecule has 0 spiro atoms. The predicted molar refractivity (Wildman–Crippen MR) is 65.5 cm³/mol. The van der Waals surface area contributed by atoms with Gasteiger partial charge in [-0.1, -0.05) is 16.8 Å². The first-order chi connectivity index (χ1) is 7.65. The minimum atomic E-state index is 0.509. The van der Waals surface area contributed by atoms with Crippen LogP contribution in [0, 0.1) is 6.92 Å². The van der Waals surface area contributed by atoms with Gasteiger partial charge in [-0.3, -0.25) is 0 Å². The fourth-order valence-corrected chi connectivity index (χ4v) is 1.91. The summed E-state index contributed by atoms with van der Waals surface area (Å²) < 4.78 is 5.90. The average Bonchev–Trinajstić information content (AvgIpc) is 2.63. The Morgan fingerprint density at radius 3 is 2.94 bits per heavy atom. The van der Waals surface area contributed by atoms with Gasteiger partial charge in [0.25, 0.3) is 0 Å². The zero-order valence-electron chi connectivity index (χ0n) is 8.50. The van der Waals surface area contributed by atoms with E-state index in [4.69, 9.17) is 16.1 Å². The number of halogens is 2. The fraction of sp³-hybridized carbons (Fsp3) is 0.200. The maximum absolute atomic E-state index is 6.00. The fourth-order valence-electron chi connectivity index (χ4n) is 1.22. The van der Waals surface area contributed by atoms with E-state index < -0.39 is 0 Å². The van der Waals surface area contributed by atoms with Crippen molar-refractivity contribution in [2.45, 2.75) is 13.5 Å². The van der Waals surface area contributed by atoms with Crippen LogP contribution in [-0.2, 0) is 6.54 Å². The van der Waals surface area contributed by atoms with Gasteiger partial charge in [0, 0.05) is 16.7 Å². The minimum absolute atomic E-state index is 0.509. The number of anilines is 1. The standard InChI is InChI=1S/C10H9BrClN3O/c1-6-2-8(16-15-6)5-14-10-9(12)3-7(11)4-13-10/h2-4H,5H2,1H3,(H,13,14). The van der Waals surface area contributed by atoms with E-state index in [0.29, 0.717) is 17.4 Å². The summed E-state index contributed by atoms with van der Waals surface area (Å²) in [6.45, 7) is 2.38. The van der Waals surface area contributed by atoms with Crippen LogP contribution in [0.4, 0.5) is 5.82 Å². The van der Waals surface area contributed by atoms with Gasteiger partial charge in [0.1, 0.15) is 5.82 Å². The summed E-state index contributed by atoms with van der Waals surface area (Å²) in [7, 11) is 0. The molecule has 0 amide bonds. The van der Waals surface area contributed by atoms with Crippen LogP contribution in [0.5, 0.6) is 0 Å². The smallest absolute Gasteiger partial charge is 0.156 e. The third-order valence-corrected chi connectivity index (χ3v) is 2.64. The van der Waals surface area contributed by atoms with Gasteiger partial charge in [0.2, 0.25) is 0 Å². The third kappa shape index (κ3) is 2.74. The quantitative estimate of drug-likeness (QED) is 0.944. The maximum Gasteiger partial charge on any atom is 0.156 e. The second kappa shape index (κ2) is 4.84. The molecule has 0 radical (unpaired) electrons. The number of aromatic nitrogens is 2. The molecule has 0 aliphatic rings. The summed E-state index contributed by atoms with van der Waals surface area (Å²) in [5.74, 6) is 1.37. The highest BCUT2D eigenvalue weighted by molar-refractivity contribution is 9.10. The van der Waals surface area contributed by atoms with E-state index in [1.54, 1.807) is 12.3 Å². The molecular weight excluding hydrogens is 293 g/mol. The van der Waals surface area contributed by atoms with E-state index in [1.165, 1.54) is 0 Å². The molecule has 6 heteroatoms. The lowest BCUT2D eigenvalue weighted by molar-refractivity contribution is 0.384. The van der Waals surface area contributed by atoms with Crippen LogP contribution >= 0.6 is 27.5 Å². The number of hydrogen-bond donors (Lipinski definition) is 1. The Kier molecular flexibility index (Phi) is 3.46. The Morgan fingerprint density at radius 1 is 1.50 bits per heavy atom. The monoisotopic (exact) mass is 301 g/mol. The molecule has 16 heavy (non-hydrogen) atoms. The lowest BCUT2D eigenvalue weighted by Gasteiger charge is -2.04. The van der Waals surface area contributed by atoms with Gasteiger partial charge in [-0.2, -0.15) is 0 Å². The van der Waals surface area contributed by atoms with Gasteiger partial charge in [-0.15, -0.1) is 0 Å². The van der Waals surface area contributed by atoms with Crippen molar-refractivity contribution in [2.24, 2.45) is 0 Å². The Morgan fingerprint density at radius 2 is 2.31 bits per heavy atom. The van der Waals surface area contributed by atoms with Crippen LogP contribution in [0.2, 0.25) is 5.02 Å². The molecule has 0 aromatic carbocycles. The van der Waals surface area contributed by atoms with E-state index in [0.717, 1.165) is 15.9 Å². The Hall–Kier alpha value is -1.07. The van der Waals surface area contributed by atoms with E-state index >= 15 is 0 Å². The highest BCUT2D eigenvalue weighted by Gasteiger charge is 2.04. The van der Waals surface area contributed by atoms with Gasteiger partial charge in [0.15, 0.2) is 5.76 Å². The van der Waals surface area contributed by atoms with E-state index in [2.05, 4.69) is 31.4 Å². The normalized spacial score (nSPS) is 10.4. The van der Waals surface area contributed by atoms with Crippen molar-refractivity contribution in [3.05, 3.63) is 39.3 Å². The van der Waals surface area contributed by atoms with Crippen molar-refractivity contribution in [1.82, 2.24) is 10.1 Å². The number of pyridine rings is 1. The summed E-state index contributed by atoms with van der Waals surface area (Å²) in [6, 6.07) is 3.64. The summed E-state index contributed by atoms with van der Waals surface area (Å²) in [5, 5.41) is 7.42. The molecule has 84 valence electrons. The van der Waals surface area contributed by atoms with Crippen molar-refractivity contribution in [1.29, 1.82) is 0 Å². The molecule has 4 nitrogen and oxygen atoms in total. The Labute approximate surface area is 106 Å². The largest absolute Gasteiger partial charge is 0.361 e. The van der Waals surface area contributed by atoms with E-state index in [1.807, 2.05) is 13.0 Å². The second-order valence-corrected chi connectivity index (χ2v) is 4.60. The Bertz CT molecular complexity index is 501. The van der Waals surface area contributed by atoms with Crippen LogP contribution in [0.15, 0.2) is 27.3 Å². The lowest BCUT2D eigenvalue weighted by atomic mass is 10.4. The molecule has 0 saturated heterocycles. The first-order valence-electron chi connectivity index (χ1n) is 4.62. The lowest BCUT2D eigenvalue weighted by Crippen LogP contribution is -2.00.